The third kappa shape index (κ3) is 1.67. The summed E-state index contributed by atoms with van der Waals surface area (Å²) < 4.78 is 0. The Morgan fingerprint density at radius 2 is 1.80 bits per heavy atom. The summed E-state index contributed by atoms with van der Waals surface area (Å²) >= 11 is 0. The highest BCUT2D eigenvalue weighted by molar-refractivity contribution is 6.06. The molecule has 0 unspecified atom stereocenters. The Kier molecular flexibility index (Phi) is 2.33. The Labute approximate surface area is 116 Å². The minimum atomic E-state index is 0.209. The molecule has 0 bridgehead atoms. The van der Waals surface area contributed by atoms with Crippen LogP contribution in [0, 0.1) is 0 Å². The number of para-hydroxylation sites is 2. The van der Waals surface area contributed by atoms with Gasteiger partial charge in [-0.2, -0.15) is 0 Å². The van der Waals surface area contributed by atoms with Crippen molar-refractivity contribution in [3.05, 3.63) is 65.9 Å². The largest absolute Gasteiger partial charge is 0.506 e. The van der Waals surface area contributed by atoms with Gasteiger partial charge in [0.2, 0.25) is 0 Å². The molecule has 3 nitrogen and oxygen atoms in total. The van der Waals surface area contributed by atoms with E-state index in [1.165, 1.54) is 5.56 Å². The summed E-state index contributed by atoms with van der Waals surface area (Å²) in [6.45, 7) is 0. The average molecular weight is 260 g/mol. The number of rotatable bonds is 1. The van der Waals surface area contributed by atoms with Crippen LogP contribution in [0.1, 0.15) is 11.3 Å². The number of aromatic nitrogens is 1. The topological polar surface area (TPSA) is 45.5 Å². The lowest BCUT2D eigenvalue weighted by molar-refractivity contribution is 0.480. The summed E-state index contributed by atoms with van der Waals surface area (Å²) in [6.07, 6.45) is 0.794. The summed E-state index contributed by atoms with van der Waals surface area (Å²) in [4.78, 5) is 9.19. The molecule has 20 heavy (non-hydrogen) atoms. The van der Waals surface area contributed by atoms with Gasteiger partial charge in [0.25, 0.3) is 0 Å². The molecule has 0 spiro atoms. The second-order valence-corrected chi connectivity index (χ2v) is 4.91. The normalized spacial score (nSPS) is 13.3. The van der Waals surface area contributed by atoms with Crippen LogP contribution in [0.5, 0.6) is 5.75 Å². The van der Waals surface area contributed by atoms with Crippen LogP contribution in [0.15, 0.2) is 59.6 Å². The highest BCUT2D eigenvalue weighted by Gasteiger charge is 2.16. The van der Waals surface area contributed by atoms with E-state index in [-0.39, 0.29) is 5.75 Å². The van der Waals surface area contributed by atoms with E-state index in [1.54, 1.807) is 6.07 Å². The Morgan fingerprint density at radius 3 is 2.70 bits per heavy atom. The number of phenols is 1. The molecule has 0 atom stereocenters. The summed E-state index contributed by atoms with van der Waals surface area (Å²) in [7, 11) is 0. The Balaban J connectivity index is 1.83. The predicted molar refractivity (Wildman–Crippen MR) is 79.8 cm³/mol. The smallest absolute Gasteiger partial charge is 0.141 e. The zero-order valence-corrected chi connectivity index (χ0v) is 10.7. The number of fused-ring (bicyclic) bond motifs is 2. The highest BCUT2D eigenvalue weighted by Crippen LogP contribution is 2.29. The maximum absolute atomic E-state index is 9.91. The summed E-state index contributed by atoms with van der Waals surface area (Å²) in [6, 6.07) is 17.5. The quantitative estimate of drug-likeness (QED) is 0.726. The second kappa shape index (κ2) is 4.17. The molecule has 2 aromatic carbocycles. The number of pyridine rings is 1. The molecule has 0 saturated heterocycles. The molecule has 0 amide bonds. The van der Waals surface area contributed by atoms with E-state index in [4.69, 9.17) is 0 Å². The van der Waals surface area contributed by atoms with Gasteiger partial charge in [-0.3, -0.25) is 4.99 Å². The van der Waals surface area contributed by atoms with Crippen molar-refractivity contribution in [3.8, 4) is 5.75 Å². The standard InChI is InChI=1S/C17H12N2O/c20-16-7-3-5-11-8-9-14(19-17(11)16)15-10-12-4-1-2-6-13(12)18-15/h1-9,20H,10H2. The van der Waals surface area contributed by atoms with Crippen molar-refractivity contribution in [2.45, 2.75) is 6.42 Å². The van der Waals surface area contributed by atoms with Gasteiger partial charge in [-0.1, -0.05) is 36.4 Å². The minimum absolute atomic E-state index is 0.209. The van der Waals surface area contributed by atoms with Gasteiger partial charge < -0.3 is 5.11 Å². The maximum Gasteiger partial charge on any atom is 0.141 e. The Hall–Kier alpha value is -2.68. The first-order valence-electron chi connectivity index (χ1n) is 6.56. The Bertz CT molecular complexity index is 852. The van der Waals surface area contributed by atoms with Crippen molar-refractivity contribution in [1.29, 1.82) is 0 Å². The summed E-state index contributed by atoms with van der Waals surface area (Å²) in [5.41, 5.74) is 4.65. The van der Waals surface area contributed by atoms with E-state index in [0.29, 0.717) is 5.52 Å². The fraction of sp³-hybridized carbons (Fsp3) is 0.0588. The number of phenolic OH excluding ortho intramolecular Hbond substituents is 1. The fourth-order valence-corrected chi connectivity index (χ4v) is 2.57. The van der Waals surface area contributed by atoms with Crippen molar-refractivity contribution in [2.75, 3.05) is 0 Å². The minimum Gasteiger partial charge on any atom is -0.506 e. The van der Waals surface area contributed by atoms with Crippen LogP contribution in [-0.2, 0) is 6.42 Å². The molecule has 2 heterocycles. The first-order chi connectivity index (χ1) is 9.81. The molecule has 0 fully saturated rings. The van der Waals surface area contributed by atoms with Gasteiger partial charge in [-0.25, -0.2) is 4.98 Å². The molecule has 0 radical (unpaired) electrons. The number of aliphatic imine (C=N–C) groups is 1. The van der Waals surface area contributed by atoms with Crippen LogP contribution >= 0.6 is 0 Å². The monoisotopic (exact) mass is 260 g/mol. The van der Waals surface area contributed by atoms with Gasteiger partial charge in [0, 0.05) is 11.8 Å². The van der Waals surface area contributed by atoms with Gasteiger partial charge in [-0.15, -0.1) is 0 Å². The number of aromatic hydroxyl groups is 1. The van der Waals surface area contributed by atoms with Crippen molar-refractivity contribution in [2.24, 2.45) is 4.99 Å². The Morgan fingerprint density at radius 1 is 0.900 bits per heavy atom. The van der Waals surface area contributed by atoms with Crippen LogP contribution < -0.4 is 0 Å². The number of benzene rings is 2. The second-order valence-electron chi connectivity index (χ2n) is 4.91. The number of hydrogen-bond donors (Lipinski definition) is 1. The number of nitrogens with zero attached hydrogens (tertiary/aromatic N) is 2. The highest BCUT2D eigenvalue weighted by atomic mass is 16.3. The molecular weight excluding hydrogens is 248 g/mol. The average Bonchev–Trinajstić information content (AvgIpc) is 2.91. The summed E-state index contributed by atoms with van der Waals surface area (Å²) in [5.74, 6) is 0.209. The molecule has 0 aliphatic carbocycles. The zero-order valence-electron chi connectivity index (χ0n) is 10.7. The SMILES string of the molecule is Oc1cccc2ccc(C3=Nc4ccccc4C3)nc12. The van der Waals surface area contributed by atoms with Gasteiger partial charge in [0.1, 0.15) is 11.3 Å². The lowest BCUT2D eigenvalue weighted by atomic mass is 10.1. The lowest BCUT2D eigenvalue weighted by Crippen LogP contribution is -2.03. The van der Waals surface area contributed by atoms with E-state index >= 15 is 0 Å². The van der Waals surface area contributed by atoms with Crippen LogP contribution in [-0.4, -0.2) is 15.8 Å². The predicted octanol–water partition coefficient (Wildman–Crippen LogP) is 3.62. The van der Waals surface area contributed by atoms with Crippen molar-refractivity contribution in [3.63, 3.8) is 0 Å². The molecule has 96 valence electrons. The van der Waals surface area contributed by atoms with Crippen molar-refractivity contribution < 1.29 is 5.11 Å². The van der Waals surface area contributed by atoms with Crippen LogP contribution in [0.2, 0.25) is 0 Å². The third-order valence-electron chi connectivity index (χ3n) is 3.60. The maximum atomic E-state index is 9.91. The van der Waals surface area contributed by atoms with Gasteiger partial charge in [0.05, 0.1) is 17.1 Å². The van der Waals surface area contributed by atoms with Crippen molar-refractivity contribution >= 4 is 22.3 Å². The first kappa shape index (κ1) is 11.2. The third-order valence-corrected chi connectivity index (χ3v) is 3.60. The van der Waals surface area contributed by atoms with Gasteiger partial charge >= 0.3 is 0 Å². The molecule has 0 saturated carbocycles. The summed E-state index contributed by atoms with van der Waals surface area (Å²) in [5, 5.41) is 10.8. The van der Waals surface area contributed by atoms with Crippen LogP contribution in [0.25, 0.3) is 10.9 Å². The van der Waals surface area contributed by atoms with E-state index in [0.717, 1.165) is 28.9 Å². The first-order valence-corrected chi connectivity index (χ1v) is 6.56. The van der Waals surface area contributed by atoms with E-state index in [1.807, 2.05) is 42.5 Å². The molecule has 1 aliphatic rings. The van der Waals surface area contributed by atoms with Crippen LogP contribution in [0.4, 0.5) is 5.69 Å². The lowest BCUT2D eigenvalue weighted by Gasteiger charge is -2.04. The molecule has 4 rings (SSSR count). The molecule has 3 heteroatoms. The zero-order chi connectivity index (χ0) is 13.5. The fourth-order valence-electron chi connectivity index (χ4n) is 2.57. The van der Waals surface area contributed by atoms with E-state index in [2.05, 4.69) is 16.0 Å². The van der Waals surface area contributed by atoms with Gasteiger partial charge in [-0.05, 0) is 23.8 Å². The van der Waals surface area contributed by atoms with Crippen LogP contribution in [0.3, 0.4) is 0 Å². The molecular formula is C17H12N2O. The molecule has 1 N–H and O–H groups in total. The van der Waals surface area contributed by atoms with E-state index in [9.17, 15) is 5.11 Å². The van der Waals surface area contributed by atoms with E-state index < -0.39 is 0 Å². The van der Waals surface area contributed by atoms with Crippen molar-refractivity contribution in [1.82, 2.24) is 4.98 Å². The van der Waals surface area contributed by atoms with Gasteiger partial charge in [0.15, 0.2) is 0 Å². The molecule has 1 aromatic heterocycles. The molecule has 1 aliphatic heterocycles. The number of hydrogen-bond acceptors (Lipinski definition) is 3. The molecule has 3 aromatic rings.